The Hall–Kier alpha value is -1.02. The Morgan fingerprint density at radius 2 is 1.22 bits per heavy atom. The van der Waals surface area contributed by atoms with Crippen LogP contribution >= 0.6 is 7.82 Å². The molecule has 0 aromatic carbocycles. The standard InChI is InChI=1S/C36H71N2O6P/c1-6-8-10-12-14-16-18-19-20-22-24-26-28-30-36(40)37-34(33-44-45(41,42)43-32-31-38(3,4)5)35(39)29-27-25-23-21-17-15-13-11-9-7-2/h17,21,27,29,34-35,39H,6-16,18-20,22-26,28,30-33H2,1-5H3,(H-,37,40,41,42)/p+1/b21-17+,29-27+/t34-,35+/m0/s1. The molecule has 1 unspecified atom stereocenters. The van der Waals surface area contributed by atoms with E-state index in [1.54, 1.807) is 6.08 Å². The van der Waals surface area contributed by atoms with Crippen molar-refractivity contribution in [3.63, 3.8) is 0 Å². The van der Waals surface area contributed by atoms with Gasteiger partial charge in [0, 0.05) is 6.42 Å². The highest BCUT2D eigenvalue weighted by atomic mass is 31.2. The second kappa shape index (κ2) is 29.1. The highest BCUT2D eigenvalue weighted by Crippen LogP contribution is 2.43. The van der Waals surface area contributed by atoms with E-state index in [2.05, 4.69) is 31.3 Å². The monoisotopic (exact) mass is 660 g/mol. The molecule has 45 heavy (non-hydrogen) atoms. The fraction of sp³-hybridized carbons (Fsp3) is 0.861. The number of carbonyl (C=O) groups excluding carboxylic acids is 1. The zero-order valence-electron chi connectivity index (χ0n) is 29.9. The molecule has 0 aliphatic carbocycles. The summed E-state index contributed by atoms with van der Waals surface area (Å²) in [7, 11) is 1.55. The molecule has 0 aliphatic heterocycles. The molecule has 0 aromatic rings. The zero-order valence-corrected chi connectivity index (χ0v) is 30.8. The van der Waals surface area contributed by atoms with Gasteiger partial charge in [0.05, 0.1) is 39.9 Å². The van der Waals surface area contributed by atoms with Gasteiger partial charge in [0.2, 0.25) is 5.91 Å². The van der Waals surface area contributed by atoms with E-state index in [0.717, 1.165) is 38.5 Å². The van der Waals surface area contributed by atoms with E-state index in [1.165, 1.54) is 89.9 Å². The number of unbranched alkanes of at least 4 members (excludes halogenated alkanes) is 17. The summed E-state index contributed by atoms with van der Waals surface area (Å²) >= 11 is 0. The molecule has 0 heterocycles. The van der Waals surface area contributed by atoms with Crippen molar-refractivity contribution in [2.24, 2.45) is 0 Å². The minimum absolute atomic E-state index is 0.0575. The van der Waals surface area contributed by atoms with Crippen LogP contribution in [0, 0.1) is 0 Å². The van der Waals surface area contributed by atoms with Crippen LogP contribution in [0.2, 0.25) is 0 Å². The van der Waals surface area contributed by atoms with Crippen molar-refractivity contribution >= 4 is 13.7 Å². The molecule has 0 fully saturated rings. The van der Waals surface area contributed by atoms with E-state index in [4.69, 9.17) is 9.05 Å². The summed E-state index contributed by atoms with van der Waals surface area (Å²) in [4.78, 5) is 22.9. The molecule has 0 radical (unpaired) electrons. The van der Waals surface area contributed by atoms with Crippen LogP contribution in [0.25, 0.3) is 0 Å². The lowest BCUT2D eigenvalue weighted by molar-refractivity contribution is -0.870. The molecular formula is C36H72N2O6P+. The number of nitrogens with one attached hydrogen (secondary N) is 1. The number of amides is 1. The Morgan fingerprint density at radius 1 is 0.733 bits per heavy atom. The third-order valence-corrected chi connectivity index (χ3v) is 8.91. The number of likely N-dealkylation sites (N-methyl/N-ethyl adjacent to an activating group) is 1. The van der Waals surface area contributed by atoms with Crippen LogP contribution in [-0.2, 0) is 18.4 Å². The topological polar surface area (TPSA) is 105 Å². The number of hydrogen-bond acceptors (Lipinski definition) is 5. The number of rotatable bonds is 32. The molecule has 1 amide bonds. The number of aliphatic hydroxyl groups is 1. The van der Waals surface area contributed by atoms with Crippen molar-refractivity contribution in [2.75, 3.05) is 40.9 Å². The van der Waals surface area contributed by atoms with Gasteiger partial charge in [-0.15, -0.1) is 0 Å². The maximum Gasteiger partial charge on any atom is 0.472 e. The minimum atomic E-state index is -4.33. The largest absolute Gasteiger partial charge is 0.472 e. The number of aliphatic hydroxyl groups excluding tert-OH is 1. The Kier molecular flexibility index (Phi) is 28.5. The van der Waals surface area contributed by atoms with E-state index < -0.39 is 20.0 Å². The van der Waals surface area contributed by atoms with Crippen LogP contribution in [0.4, 0.5) is 0 Å². The summed E-state index contributed by atoms with van der Waals surface area (Å²) in [5.74, 6) is -0.191. The number of phosphoric ester groups is 1. The molecule has 3 atom stereocenters. The van der Waals surface area contributed by atoms with Gasteiger partial charge in [-0.05, 0) is 32.1 Å². The summed E-state index contributed by atoms with van der Waals surface area (Å²) in [5.41, 5.74) is 0. The maximum atomic E-state index is 12.7. The van der Waals surface area contributed by atoms with Crippen molar-refractivity contribution in [1.29, 1.82) is 0 Å². The van der Waals surface area contributed by atoms with Gasteiger partial charge in [-0.1, -0.05) is 134 Å². The molecule has 0 saturated carbocycles. The van der Waals surface area contributed by atoms with Crippen molar-refractivity contribution in [3.05, 3.63) is 24.3 Å². The first-order valence-corrected chi connectivity index (χ1v) is 19.7. The first kappa shape index (κ1) is 44.0. The van der Waals surface area contributed by atoms with Gasteiger partial charge in [-0.3, -0.25) is 13.8 Å². The number of quaternary nitrogens is 1. The van der Waals surface area contributed by atoms with Gasteiger partial charge in [0.1, 0.15) is 13.2 Å². The van der Waals surface area contributed by atoms with Gasteiger partial charge in [-0.25, -0.2) is 4.57 Å². The number of carbonyl (C=O) groups is 1. The third kappa shape index (κ3) is 31.4. The molecule has 0 aliphatic rings. The quantitative estimate of drug-likeness (QED) is 0.0288. The molecular weight excluding hydrogens is 587 g/mol. The number of nitrogens with zero attached hydrogens (tertiary/aromatic N) is 1. The second-order valence-electron chi connectivity index (χ2n) is 13.6. The first-order chi connectivity index (χ1) is 21.5. The van der Waals surface area contributed by atoms with Crippen molar-refractivity contribution < 1.29 is 32.9 Å². The molecule has 0 saturated heterocycles. The van der Waals surface area contributed by atoms with Crippen LogP contribution in [0.5, 0.6) is 0 Å². The number of allylic oxidation sites excluding steroid dienone is 3. The average molecular weight is 660 g/mol. The Bertz CT molecular complexity index is 799. The molecule has 0 bridgehead atoms. The SMILES string of the molecule is CCCCCC/C=C/CC/C=C/[C@@H](O)[C@H](COP(=O)(O)OCC[N+](C)(C)C)NC(=O)CCCCCCCCCCCCCCC. The normalized spacial score (nSPS) is 15.1. The van der Waals surface area contributed by atoms with Crippen molar-refractivity contribution in [2.45, 2.75) is 161 Å². The van der Waals surface area contributed by atoms with Crippen LogP contribution in [0.3, 0.4) is 0 Å². The highest BCUT2D eigenvalue weighted by molar-refractivity contribution is 7.47. The van der Waals surface area contributed by atoms with Crippen LogP contribution in [0.15, 0.2) is 24.3 Å². The molecule has 9 heteroatoms. The highest BCUT2D eigenvalue weighted by Gasteiger charge is 2.27. The summed E-state index contributed by atoms with van der Waals surface area (Å²) in [6.07, 6.45) is 31.0. The predicted octanol–water partition coefficient (Wildman–Crippen LogP) is 9.02. The smallest absolute Gasteiger partial charge is 0.387 e. The lowest BCUT2D eigenvalue weighted by Gasteiger charge is -2.25. The van der Waals surface area contributed by atoms with Crippen molar-refractivity contribution in [1.82, 2.24) is 5.32 Å². The van der Waals surface area contributed by atoms with E-state index in [9.17, 15) is 19.4 Å². The molecule has 0 spiro atoms. The third-order valence-electron chi connectivity index (χ3n) is 7.92. The first-order valence-electron chi connectivity index (χ1n) is 18.2. The summed E-state index contributed by atoms with van der Waals surface area (Å²) in [6, 6.07) is -0.854. The Morgan fingerprint density at radius 3 is 1.78 bits per heavy atom. The molecule has 3 N–H and O–H groups in total. The van der Waals surface area contributed by atoms with Gasteiger partial charge in [0.15, 0.2) is 0 Å². The van der Waals surface area contributed by atoms with Crippen LogP contribution in [0.1, 0.15) is 149 Å². The van der Waals surface area contributed by atoms with Gasteiger partial charge in [-0.2, -0.15) is 0 Å². The van der Waals surface area contributed by atoms with E-state index in [1.807, 2.05) is 27.2 Å². The second-order valence-corrected chi connectivity index (χ2v) is 15.0. The van der Waals surface area contributed by atoms with E-state index >= 15 is 0 Å². The molecule has 8 nitrogen and oxygen atoms in total. The average Bonchev–Trinajstić information content (AvgIpc) is 2.97. The summed E-state index contributed by atoms with van der Waals surface area (Å²) < 4.78 is 23.4. The maximum absolute atomic E-state index is 12.7. The van der Waals surface area contributed by atoms with Crippen LogP contribution < -0.4 is 5.32 Å². The molecule has 266 valence electrons. The molecule has 0 rings (SSSR count). The van der Waals surface area contributed by atoms with Crippen LogP contribution in [-0.4, -0.2) is 73.4 Å². The van der Waals surface area contributed by atoms with E-state index in [-0.39, 0.29) is 19.1 Å². The van der Waals surface area contributed by atoms with E-state index in [0.29, 0.717) is 17.4 Å². The lowest BCUT2D eigenvalue weighted by Crippen LogP contribution is -2.45. The van der Waals surface area contributed by atoms with Gasteiger partial charge < -0.3 is 19.8 Å². The zero-order chi connectivity index (χ0) is 33.7. The fourth-order valence-corrected chi connectivity index (χ4v) is 5.67. The molecule has 0 aromatic heterocycles. The van der Waals surface area contributed by atoms with Gasteiger partial charge >= 0.3 is 7.82 Å². The summed E-state index contributed by atoms with van der Waals surface area (Å²) in [6.45, 7) is 4.73. The minimum Gasteiger partial charge on any atom is -0.387 e. The Balaban J connectivity index is 4.58. The Labute approximate surface area is 277 Å². The lowest BCUT2D eigenvalue weighted by atomic mass is 10.0. The predicted molar refractivity (Wildman–Crippen MR) is 189 cm³/mol. The number of phosphoric acid groups is 1. The number of hydrogen-bond donors (Lipinski definition) is 3. The van der Waals surface area contributed by atoms with Gasteiger partial charge in [0.25, 0.3) is 0 Å². The van der Waals surface area contributed by atoms with Crippen molar-refractivity contribution in [3.8, 4) is 0 Å². The fourth-order valence-electron chi connectivity index (χ4n) is 4.94. The summed E-state index contributed by atoms with van der Waals surface area (Å²) in [5, 5.41) is 13.7.